The van der Waals surface area contributed by atoms with Gasteiger partial charge in [0, 0.05) is 18.4 Å². The molecule has 5 nitrogen and oxygen atoms in total. The number of ether oxygens (including phenoxy) is 1. The monoisotopic (exact) mass is 259 g/mol. The molecule has 2 heterocycles. The van der Waals surface area contributed by atoms with Crippen molar-refractivity contribution in [1.29, 1.82) is 0 Å². The zero-order valence-corrected chi connectivity index (χ0v) is 10.8. The Morgan fingerprint density at radius 3 is 2.63 bits per heavy atom. The molecule has 0 radical (unpaired) electrons. The van der Waals surface area contributed by atoms with Gasteiger partial charge in [-0.3, -0.25) is 15.0 Å². The molecular formula is C14H17N3O2. The lowest BCUT2D eigenvalue weighted by Gasteiger charge is -2.17. The maximum Gasteiger partial charge on any atom is 0.264 e. The molecule has 1 aliphatic rings. The van der Waals surface area contributed by atoms with Gasteiger partial charge >= 0.3 is 0 Å². The van der Waals surface area contributed by atoms with E-state index in [1.165, 1.54) is 0 Å². The third-order valence-corrected chi connectivity index (χ3v) is 3.52. The van der Waals surface area contributed by atoms with Crippen molar-refractivity contribution in [2.24, 2.45) is 0 Å². The van der Waals surface area contributed by atoms with Gasteiger partial charge in [0.1, 0.15) is 0 Å². The number of benzene rings is 1. The van der Waals surface area contributed by atoms with Crippen LogP contribution in [0, 0.1) is 0 Å². The largest absolute Gasteiger partial charge is 0.380 e. The molecule has 2 atom stereocenters. The highest BCUT2D eigenvalue weighted by Gasteiger charge is 2.23. The Morgan fingerprint density at radius 1 is 1.26 bits per heavy atom. The van der Waals surface area contributed by atoms with E-state index < -0.39 is 0 Å². The third-order valence-electron chi connectivity index (χ3n) is 3.52. The number of hydrogen-bond acceptors (Lipinski definition) is 3. The Balaban J connectivity index is 1.73. The summed E-state index contributed by atoms with van der Waals surface area (Å²) in [4.78, 5) is 11.1. The highest BCUT2D eigenvalue weighted by molar-refractivity contribution is 5.62. The fraction of sp³-hybridized carbons (Fsp3) is 0.357. The first kappa shape index (κ1) is 12.0. The van der Waals surface area contributed by atoms with Crippen molar-refractivity contribution in [2.45, 2.75) is 25.5 Å². The van der Waals surface area contributed by atoms with Gasteiger partial charge < -0.3 is 10.1 Å². The summed E-state index contributed by atoms with van der Waals surface area (Å²) in [6, 6.07) is 9.94. The van der Waals surface area contributed by atoms with Crippen LogP contribution < -0.4 is 10.9 Å². The maximum absolute atomic E-state index is 11.1. The number of H-pyrrole nitrogens is 2. The topological polar surface area (TPSA) is 69.9 Å². The first-order chi connectivity index (χ1) is 9.22. The SMILES string of the molecule is CC1OCCC1Nc1ccc(-c2cc(=O)[nH][nH]2)cc1. The summed E-state index contributed by atoms with van der Waals surface area (Å²) in [5.74, 6) is 0. The lowest BCUT2D eigenvalue weighted by atomic mass is 10.1. The molecule has 0 saturated carbocycles. The standard InChI is InChI=1S/C14H17N3O2/c1-9-12(6-7-19-9)15-11-4-2-10(3-5-11)13-8-14(18)17-16-13/h2-5,8-9,12,15H,6-7H2,1H3,(H2,16,17,18). The summed E-state index contributed by atoms with van der Waals surface area (Å²) in [5.41, 5.74) is 2.74. The highest BCUT2D eigenvalue weighted by Crippen LogP contribution is 2.22. The second-order valence-electron chi connectivity index (χ2n) is 4.87. The molecule has 3 N–H and O–H groups in total. The van der Waals surface area contributed by atoms with Crippen molar-refractivity contribution >= 4 is 5.69 Å². The van der Waals surface area contributed by atoms with Crippen LogP contribution in [0.5, 0.6) is 0 Å². The summed E-state index contributed by atoms with van der Waals surface area (Å²) in [6.45, 7) is 2.91. The van der Waals surface area contributed by atoms with Gasteiger partial charge in [0.15, 0.2) is 0 Å². The summed E-state index contributed by atoms with van der Waals surface area (Å²) in [7, 11) is 0. The number of aromatic nitrogens is 2. The number of aromatic amines is 2. The predicted octanol–water partition coefficient (Wildman–Crippen LogP) is 1.96. The normalized spacial score (nSPS) is 22.6. The third kappa shape index (κ3) is 2.56. The molecule has 1 aromatic carbocycles. The van der Waals surface area contributed by atoms with E-state index in [0.29, 0.717) is 6.04 Å². The van der Waals surface area contributed by atoms with Crippen molar-refractivity contribution in [2.75, 3.05) is 11.9 Å². The molecule has 1 saturated heterocycles. The Hall–Kier alpha value is -2.01. The Labute approximate surface area is 111 Å². The van der Waals surface area contributed by atoms with Crippen molar-refractivity contribution < 1.29 is 4.74 Å². The molecule has 0 spiro atoms. The van der Waals surface area contributed by atoms with Crippen LogP contribution >= 0.6 is 0 Å². The Kier molecular flexibility index (Phi) is 3.13. The predicted molar refractivity (Wildman–Crippen MR) is 74.3 cm³/mol. The van der Waals surface area contributed by atoms with E-state index in [0.717, 1.165) is 30.0 Å². The minimum absolute atomic E-state index is 0.117. The minimum Gasteiger partial charge on any atom is -0.380 e. The van der Waals surface area contributed by atoms with Crippen LogP contribution in [-0.4, -0.2) is 29.0 Å². The van der Waals surface area contributed by atoms with Gasteiger partial charge in [-0.05, 0) is 31.0 Å². The van der Waals surface area contributed by atoms with Gasteiger partial charge in [0.05, 0.1) is 17.8 Å². The lowest BCUT2D eigenvalue weighted by molar-refractivity contribution is 0.121. The van der Waals surface area contributed by atoms with Crippen LogP contribution in [0.1, 0.15) is 13.3 Å². The number of hydrogen-bond donors (Lipinski definition) is 3. The van der Waals surface area contributed by atoms with Crippen LogP contribution in [0.15, 0.2) is 35.1 Å². The van der Waals surface area contributed by atoms with Gasteiger partial charge in [-0.15, -0.1) is 0 Å². The quantitative estimate of drug-likeness (QED) is 0.789. The zero-order chi connectivity index (χ0) is 13.2. The molecular weight excluding hydrogens is 242 g/mol. The van der Waals surface area contributed by atoms with Gasteiger partial charge in [-0.25, -0.2) is 0 Å². The van der Waals surface area contributed by atoms with Gasteiger partial charge in [0.25, 0.3) is 5.56 Å². The van der Waals surface area contributed by atoms with E-state index in [-0.39, 0.29) is 11.7 Å². The molecule has 100 valence electrons. The lowest BCUT2D eigenvalue weighted by Crippen LogP contribution is -2.26. The van der Waals surface area contributed by atoms with Crippen LogP contribution in [0.4, 0.5) is 5.69 Å². The zero-order valence-electron chi connectivity index (χ0n) is 10.8. The van der Waals surface area contributed by atoms with Crippen LogP contribution in [-0.2, 0) is 4.74 Å². The minimum atomic E-state index is -0.117. The molecule has 19 heavy (non-hydrogen) atoms. The second-order valence-corrected chi connectivity index (χ2v) is 4.87. The van der Waals surface area contributed by atoms with Crippen molar-refractivity contribution in [3.63, 3.8) is 0 Å². The Bertz CT molecular complexity index is 600. The van der Waals surface area contributed by atoms with E-state index in [1.807, 2.05) is 24.3 Å². The first-order valence-corrected chi connectivity index (χ1v) is 6.48. The number of rotatable bonds is 3. The molecule has 2 aromatic rings. The van der Waals surface area contributed by atoms with E-state index in [2.05, 4.69) is 22.4 Å². The molecule has 3 rings (SSSR count). The molecule has 0 bridgehead atoms. The fourth-order valence-corrected chi connectivity index (χ4v) is 2.37. The smallest absolute Gasteiger partial charge is 0.264 e. The fourth-order valence-electron chi connectivity index (χ4n) is 2.37. The van der Waals surface area contributed by atoms with E-state index in [1.54, 1.807) is 6.07 Å². The number of anilines is 1. The highest BCUT2D eigenvalue weighted by atomic mass is 16.5. The second kappa shape index (κ2) is 4.93. The van der Waals surface area contributed by atoms with E-state index in [9.17, 15) is 4.79 Å². The molecule has 5 heteroatoms. The van der Waals surface area contributed by atoms with Crippen LogP contribution in [0.2, 0.25) is 0 Å². The molecule has 1 aliphatic heterocycles. The summed E-state index contributed by atoms with van der Waals surface area (Å²) in [5, 5.41) is 8.85. The van der Waals surface area contributed by atoms with E-state index >= 15 is 0 Å². The summed E-state index contributed by atoms with van der Waals surface area (Å²) >= 11 is 0. The van der Waals surface area contributed by atoms with Gasteiger partial charge in [-0.2, -0.15) is 0 Å². The molecule has 2 unspecified atom stereocenters. The Morgan fingerprint density at radius 2 is 2.05 bits per heavy atom. The van der Waals surface area contributed by atoms with Crippen LogP contribution in [0.3, 0.4) is 0 Å². The van der Waals surface area contributed by atoms with Crippen molar-refractivity contribution in [3.05, 3.63) is 40.7 Å². The number of nitrogens with one attached hydrogen (secondary N) is 3. The molecule has 1 aromatic heterocycles. The average molecular weight is 259 g/mol. The first-order valence-electron chi connectivity index (χ1n) is 6.48. The molecule has 0 aliphatic carbocycles. The van der Waals surface area contributed by atoms with E-state index in [4.69, 9.17) is 4.74 Å². The van der Waals surface area contributed by atoms with Crippen molar-refractivity contribution in [3.8, 4) is 11.3 Å². The summed E-state index contributed by atoms with van der Waals surface area (Å²) < 4.78 is 5.53. The van der Waals surface area contributed by atoms with Crippen molar-refractivity contribution in [1.82, 2.24) is 10.2 Å². The average Bonchev–Trinajstić information content (AvgIpc) is 3.00. The molecule has 0 amide bonds. The maximum atomic E-state index is 11.1. The van der Waals surface area contributed by atoms with Crippen LogP contribution in [0.25, 0.3) is 11.3 Å². The summed E-state index contributed by atoms with van der Waals surface area (Å²) in [6.07, 6.45) is 1.29. The van der Waals surface area contributed by atoms with Gasteiger partial charge in [-0.1, -0.05) is 12.1 Å². The van der Waals surface area contributed by atoms with Gasteiger partial charge in [0.2, 0.25) is 0 Å². The molecule has 1 fully saturated rings.